The number of nitrogens with zero attached hydrogens (tertiary/aromatic N) is 1. The van der Waals surface area contributed by atoms with Gasteiger partial charge < -0.3 is 19.5 Å². The van der Waals surface area contributed by atoms with Gasteiger partial charge in [0.25, 0.3) is 10.1 Å². The number of methoxy groups -OCH3 is 3. The fraction of sp³-hybridized carbons (Fsp3) is 0.455. The normalized spacial score (nSPS) is 20.7. The smallest absolute Gasteiger partial charge is 0.264 e. The maximum Gasteiger partial charge on any atom is 0.264 e. The molecule has 0 aliphatic carbocycles. The van der Waals surface area contributed by atoms with Crippen molar-refractivity contribution in [1.82, 2.24) is 10.3 Å². The second-order valence-electron chi connectivity index (χ2n) is 7.71. The highest BCUT2D eigenvalue weighted by atomic mass is 32.2. The Bertz CT molecular complexity index is 1030. The van der Waals surface area contributed by atoms with Crippen LogP contribution in [0.5, 0.6) is 17.2 Å². The van der Waals surface area contributed by atoms with Crippen LogP contribution in [-0.4, -0.2) is 66.0 Å². The van der Waals surface area contributed by atoms with E-state index in [9.17, 15) is 13.2 Å². The van der Waals surface area contributed by atoms with E-state index < -0.39 is 21.6 Å². The quantitative estimate of drug-likeness (QED) is 0.416. The van der Waals surface area contributed by atoms with Gasteiger partial charge in [0.15, 0.2) is 17.3 Å². The van der Waals surface area contributed by atoms with Crippen LogP contribution < -0.4 is 19.5 Å². The van der Waals surface area contributed by atoms with Crippen LogP contribution in [0.15, 0.2) is 36.7 Å². The first-order valence-corrected chi connectivity index (χ1v) is 11.9. The van der Waals surface area contributed by atoms with Crippen molar-refractivity contribution in [3.63, 3.8) is 0 Å². The summed E-state index contributed by atoms with van der Waals surface area (Å²) in [6.07, 6.45) is 5.29. The second-order valence-corrected chi connectivity index (χ2v) is 9.35. The molecule has 1 aliphatic rings. The van der Waals surface area contributed by atoms with Gasteiger partial charge in [0.2, 0.25) is 5.75 Å². The van der Waals surface area contributed by atoms with E-state index in [0.717, 1.165) is 11.8 Å². The third-order valence-corrected chi connectivity index (χ3v) is 6.31. The lowest BCUT2D eigenvalue weighted by Gasteiger charge is -2.29. The van der Waals surface area contributed by atoms with Gasteiger partial charge in [-0.3, -0.25) is 14.0 Å². The van der Waals surface area contributed by atoms with Crippen LogP contribution in [0.1, 0.15) is 28.8 Å². The molecule has 0 spiro atoms. The number of aromatic nitrogens is 1. The first-order valence-electron chi connectivity index (χ1n) is 10.1. The molecule has 2 atom stereocenters. The van der Waals surface area contributed by atoms with E-state index in [0.29, 0.717) is 42.2 Å². The van der Waals surface area contributed by atoms with Crippen molar-refractivity contribution in [2.75, 3.05) is 40.7 Å². The highest BCUT2D eigenvalue weighted by molar-refractivity contribution is 7.85. The highest BCUT2D eigenvalue weighted by Crippen LogP contribution is 2.41. The standard InChI is InChI=1S/C22H28N2O7S/c1-28-18-11-15(12-19(29-2)21(18)30-3)20(25)17-13-22(14-24-17,7-10-31-32(4,26)27)16-5-8-23-9-6-16/h5-6,8-9,11-12,17,24H,7,10,13-14H2,1-4H3. The Morgan fingerprint density at radius 3 is 2.28 bits per heavy atom. The Morgan fingerprint density at radius 1 is 1.12 bits per heavy atom. The molecule has 174 valence electrons. The molecule has 0 amide bonds. The van der Waals surface area contributed by atoms with Crippen molar-refractivity contribution in [2.45, 2.75) is 24.3 Å². The number of ketones is 1. The number of benzene rings is 1. The summed E-state index contributed by atoms with van der Waals surface area (Å²) in [7, 11) is 0.934. The predicted molar refractivity (Wildman–Crippen MR) is 118 cm³/mol. The van der Waals surface area contributed by atoms with Crippen molar-refractivity contribution in [2.24, 2.45) is 0 Å². The molecule has 1 aromatic heterocycles. The Kier molecular flexibility index (Phi) is 7.37. The first kappa shape index (κ1) is 24.0. The zero-order chi connectivity index (χ0) is 23.4. The van der Waals surface area contributed by atoms with Gasteiger partial charge >= 0.3 is 0 Å². The van der Waals surface area contributed by atoms with Crippen molar-refractivity contribution < 1.29 is 31.6 Å². The molecule has 10 heteroatoms. The second kappa shape index (κ2) is 9.85. The van der Waals surface area contributed by atoms with Crippen molar-refractivity contribution in [1.29, 1.82) is 0 Å². The molecule has 1 aliphatic heterocycles. The summed E-state index contributed by atoms with van der Waals surface area (Å²) < 4.78 is 44.0. The third-order valence-electron chi connectivity index (χ3n) is 5.72. The lowest BCUT2D eigenvalue weighted by molar-refractivity contribution is 0.0947. The fourth-order valence-corrected chi connectivity index (χ4v) is 4.50. The number of pyridine rings is 1. The third kappa shape index (κ3) is 5.20. The average molecular weight is 465 g/mol. The monoisotopic (exact) mass is 464 g/mol. The van der Waals surface area contributed by atoms with Gasteiger partial charge in [-0.25, -0.2) is 0 Å². The summed E-state index contributed by atoms with van der Waals surface area (Å²) in [5.41, 5.74) is 0.918. The summed E-state index contributed by atoms with van der Waals surface area (Å²) in [5, 5.41) is 3.31. The Hall–Kier alpha value is -2.69. The van der Waals surface area contributed by atoms with Crippen molar-refractivity contribution >= 4 is 15.9 Å². The van der Waals surface area contributed by atoms with Gasteiger partial charge in [0, 0.05) is 29.9 Å². The Labute approximate surface area is 188 Å². The maximum atomic E-state index is 13.4. The molecule has 0 bridgehead atoms. The summed E-state index contributed by atoms with van der Waals surface area (Å²) in [5.74, 6) is 1.09. The maximum absolute atomic E-state index is 13.4. The molecule has 1 N–H and O–H groups in total. The lowest BCUT2D eigenvalue weighted by Crippen LogP contribution is -2.31. The highest BCUT2D eigenvalue weighted by Gasteiger charge is 2.43. The van der Waals surface area contributed by atoms with E-state index in [4.69, 9.17) is 18.4 Å². The summed E-state index contributed by atoms with van der Waals surface area (Å²) >= 11 is 0. The number of ether oxygens (including phenoxy) is 3. The zero-order valence-electron chi connectivity index (χ0n) is 18.6. The summed E-state index contributed by atoms with van der Waals surface area (Å²) in [4.78, 5) is 17.5. The Morgan fingerprint density at radius 2 is 1.75 bits per heavy atom. The topological polar surface area (TPSA) is 113 Å². The van der Waals surface area contributed by atoms with Crippen molar-refractivity contribution in [3.05, 3.63) is 47.8 Å². The van der Waals surface area contributed by atoms with Crippen molar-refractivity contribution in [3.8, 4) is 17.2 Å². The van der Waals surface area contributed by atoms with Crippen LogP contribution in [0.2, 0.25) is 0 Å². The minimum atomic E-state index is -3.56. The number of nitrogens with one attached hydrogen (secondary N) is 1. The van der Waals surface area contributed by atoms with Crippen LogP contribution in [0.4, 0.5) is 0 Å². The van der Waals surface area contributed by atoms with Crippen LogP contribution in [0.3, 0.4) is 0 Å². The molecule has 1 aromatic carbocycles. The van der Waals surface area contributed by atoms with E-state index in [1.807, 2.05) is 12.1 Å². The zero-order valence-corrected chi connectivity index (χ0v) is 19.4. The molecular formula is C22H28N2O7S. The number of hydrogen-bond donors (Lipinski definition) is 1. The van der Waals surface area contributed by atoms with Gasteiger partial charge in [-0.15, -0.1) is 0 Å². The number of rotatable bonds is 10. The van der Waals surface area contributed by atoms with E-state index in [1.165, 1.54) is 21.3 Å². The molecule has 1 saturated heterocycles. The molecular weight excluding hydrogens is 436 g/mol. The Balaban J connectivity index is 1.88. The summed E-state index contributed by atoms with van der Waals surface area (Å²) in [6.45, 7) is 0.513. The number of hydrogen-bond acceptors (Lipinski definition) is 9. The van der Waals surface area contributed by atoms with E-state index >= 15 is 0 Å². The largest absolute Gasteiger partial charge is 0.493 e. The molecule has 2 heterocycles. The minimum Gasteiger partial charge on any atom is -0.493 e. The van der Waals surface area contributed by atoms with Gasteiger partial charge in [-0.05, 0) is 42.7 Å². The van der Waals surface area contributed by atoms with Crippen LogP contribution in [0, 0.1) is 0 Å². The van der Waals surface area contributed by atoms with Gasteiger partial charge in [0.05, 0.1) is 40.2 Å². The molecule has 9 nitrogen and oxygen atoms in total. The van der Waals surface area contributed by atoms with E-state index in [-0.39, 0.29) is 12.4 Å². The molecule has 0 radical (unpaired) electrons. The molecule has 2 unspecified atom stereocenters. The first-order chi connectivity index (χ1) is 15.2. The van der Waals surface area contributed by atoms with Gasteiger partial charge in [0.1, 0.15) is 0 Å². The van der Waals surface area contributed by atoms with Gasteiger partial charge in [-0.1, -0.05) is 0 Å². The predicted octanol–water partition coefficient (Wildman–Crippen LogP) is 1.96. The van der Waals surface area contributed by atoms with E-state index in [1.54, 1.807) is 24.5 Å². The SMILES string of the molecule is COc1cc(C(=O)C2CC(CCOS(C)(=O)=O)(c3ccncc3)CN2)cc(OC)c1OC. The van der Waals surface area contributed by atoms with Crippen LogP contribution >= 0.6 is 0 Å². The minimum absolute atomic E-state index is 0.0218. The fourth-order valence-electron chi connectivity index (χ4n) is 4.11. The summed E-state index contributed by atoms with van der Waals surface area (Å²) in [6, 6.07) is 6.54. The molecule has 1 fully saturated rings. The van der Waals surface area contributed by atoms with Gasteiger partial charge in [-0.2, -0.15) is 8.42 Å². The number of carbonyl (C=O) groups excluding carboxylic acids is 1. The lowest BCUT2D eigenvalue weighted by atomic mass is 9.75. The molecule has 32 heavy (non-hydrogen) atoms. The van der Waals surface area contributed by atoms with Crippen LogP contribution in [-0.2, 0) is 19.7 Å². The number of Topliss-reactive ketones (excluding diaryl/α,β-unsaturated/α-hetero) is 1. The average Bonchev–Trinajstić information content (AvgIpc) is 3.22. The molecule has 2 aromatic rings. The van der Waals surface area contributed by atoms with Crippen LogP contribution in [0.25, 0.3) is 0 Å². The number of carbonyl (C=O) groups is 1. The van der Waals surface area contributed by atoms with E-state index in [2.05, 4.69) is 10.3 Å². The molecule has 3 rings (SSSR count). The molecule has 0 saturated carbocycles.